The van der Waals surface area contributed by atoms with Crippen molar-refractivity contribution in [2.45, 2.75) is 20.0 Å². The number of hydrogen-bond donors (Lipinski definition) is 2. The number of nitrogens with two attached hydrogens (primary N) is 1. The lowest BCUT2D eigenvalue weighted by Gasteiger charge is -2.11. The molecule has 5 nitrogen and oxygen atoms in total. The van der Waals surface area contributed by atoms with Crippen LogP contribution in [0.25, 0.3) is 10.9 Å². The Kier molecular flexibility index (Phi) is 3.06. The fraction of sp³-hybridized carbons (Fsp3) is 0.231. The van der Waals surface area contributed by atoms with Crippen LogP contribution in [0.15, 0.2) is 24.3 Å². The van der Waals surface area contributed by atoms with Crippen molar-refractivity contribution in [3.8, 4) is 5.75 Å². The Morgan fingerprint density at radius 2 is 2.11 bits per heavy atom. The van der Waals surface area contributed by atoms with E-state index in [4.69, 9.17) is 15.6 Å². The van der Waals surface area contributed by atoms with E-state index in [1.165, 1.54) is 6.07 Å². The first-order chi connectivity index (χ1) is 8.47. The number of aromatic nitrogens is 1. The van der Waals surface area contributed by atoms with Gasteiger partial charge in [0.1, 0.15) is 5.75 Å². The largest absolute Gasteiger partial charge is 0.491 e. The third-order valence-electron chi connectivity index (χ3n) is 2.40. The molecule has 0 saturated carbocycles. The van der Waals surface area contributed by atoms with E-state index in [2.05, 4.69) is 4.98 Å². The number of carbonyl (C=O) groups is 1. The number of nitrogen functional groups attached to an aromatic ring is 1. The lowest BCUT2D eigenvalue weighted by Crippen LogP contribution is -2.06. The Morgan fingerprint density at radius 3 is 2.72 bits per heavy atom. The molecule has 3 N–H and O–H groups in total. The monoisotopic (exact) mass is 246 g/mol. The second kappa shape index (κ2) is 4.52. The summed E-state index contributed by atoms with van der Waals surface area (Å²) in [6, 6.07) is 6.57. The highest BCUT2D eigenvalue weighted by molar-refractivity contribution is 5.96. The second-order valence-corrected chi connectivity index (χ2v) is 4.25. The Balaban J connectivity index is 2.54. The predicted octanol–water partition coefficient (Wildman–Crippen LogP) is 2.30. The molecule has 1 aromatic heterocycles. The predicted molar refractivity (Wildman–Crippen MR) is 68.9 cm³/mol. The maximum atomic E-state index is 10.9. The van der Waals surface area contributed by atoms with Gasteiger partial charge in [-0.3, -0.25) is 0 Å². The minimum absolute atomic E-state index is 0.0578. The molecule has 0 atom stereocenters. The van der Waals surface area contributed by atoms with Gasteiger partial charge in [-0.15, -0.1) is 0 Å². The van der Waals surface area contributed by atoms with E-state index in [1.807, 2.05) is 13.8 Å². The van der Waals surface area contributed by atoms with E-state index in [0.717, 1.165) is 0 Å². The van der Waals surface area contributed by atoms with E-state index in [9.17, 15) is 4.79 Å². The van der Waals surface area contributed by atoms with Gasteiger partial charge in [-0.05, 0) is 38.1 Å². The summed E-state index contributed by atoms with van der Waals surface area (Å²) in [6.45, 7) is 3.86. The zero-order valence-electron chi connectivity index (χ0n) is 10.2. The third kappa shape index (κ3) is 2.34. The minimum atomic E-state index is -1.09. The molecule has 0 amide bonds. The van der Waals surface area contributed by atoms with Gasteiger partial charge < -0.3 is 15.6 Å². The summed E-state index contributed by atoms with van der Waals surface area (Å²) in [4.78, 5) is 14.9. The average Bonchev–Trinajstić information content (AvgIpc) is 2.28. The summed E-state index contributed by atoms with van der Waals surface area (Å²) in [6.07, 6.45) is 0.0647. The smallest absolute Gasteiger partial charge is 0.354 e. The number of carboxylic acids is 1. The van der Waals surface area contributed by atoms with Gasteiger partial charge in [-0.2, -0.15) is 0 Å². The number of nitrogens with zero attached hydrogens (tertiary/aromatic N) is 1. The van der Waals surface area contributed by atoms with E-state index in [0.29, 0.717) is 22.3 Å². The van der Waals surface area contributed by atoms with Gasteiger partial charge in [0.2, 0.25) is 0 Å². The molecular formula is C13H14N2O3. The van der Waals surface area contributed by atoms with Gasteiger partial charge in [-0.1, -0.05) is 0 Å². The van der Waals surface area contributed by atoms with Crippen LogP contribution in [-0.4, -0.2) is 22.2 Å². The molecule has 2 rings (SSSR count). The molecule has 0 bridgehead atoms. The van der Waals surface area contributed by atoms with Gasteiger partial charge >= 0.3 is 5.97 Å². The first-order valence-electron chi connectivity index (χ1n) is 5.57. The van der Waals surface area contributed by atoms with Gasteiger partial charge in [0.25, 0.3) is 0 Å². The van der Waals surface area contributed by atoms with Crippen molar-refractivity contribution in [1.29, 1.82) is 0 Å². The number of aromatic carboxylic acids is 1. The molecule has 1 heterocycles. The highest BCUT2D eigenvalue weighted by Crippen LogP contribution is 2.25. The molecule has 0 saturated heterocycles. The molecule has 18 heavy (non-hydrogen) atoms. The molecule has 0 fully saturated rings. The van der Waals surface area contributed by atoms with Crippen molar-refractivity contribution in [3.05, 3.63) is 30.0 Å². The molecule has 5 heteroatoms. The van der Waals surface area contributed by atoms with E-state index in [-0.39, 0.29) is 11.8 Å². The number of fused-ring (bicyclic) bond motifs is 1. The topological polar surface area (TPSA) is 85.4 Å². The Bertz CT molecular complexity index is 608. The molecule has 0 spiro atoms. The number of rotatable bonds is 3. The summed E-state index contributed by atoms with van der Waals surface area (Å²) >= 11 is 0. The molecule has 0 unspecified atom stereocenters. The van der Waals surface area contributed by atoms with Crippen molar-refractivity contribution in [2.75, 3.05) is 5.73 Å². The molecule has 0 aliphatic rings. The van der Waals surface area contributed by atoms with Crippen LogP contribution < -0.4 is 10.5 Å². The molecular weight excluding hydrogens is 232 g/mol. The molecule has 0 radical (unpaired) electrons. The van der Waals surface area contributed by atoms with Crippen LogP contribution in [0.5, 0.6) is 5.75 Å². The Morgan fingerprint density at radius 1 is 1.39 bits per heavy atom. The Hall–Kier alpha value is -2.30. The molecule has 2 aromatic rings. The number of hydrogen-bond acceptors (Lipinski definition) is 4. The summed E-state index contributed by atoms with van der Waals surface area (Å²) in [5, 5.41) is 9.59. The van der Waals surface area contributed by atoms with Crippen LogP contribution in [-0.2, 0) is 0 Å². The number of anilines is 1. The maximum Gasteiger partial charge on any atom is 0.354 e. The second-order valence-electron chi connectivity index (χ2n) is 4.25. The summed E-state index contributed by atoms with van der Waals surface area (Å²) in [5.74, 6) is -0.403. The first-order valence-corrected chi connectivity index (χ1v) is 5.57. The van der Waals surface area contributed by atoms with Gasteiger partial charge in [0, 0.05) is 11.1 Å². The van der Waals surface area contributed by atoms with Crippen LogP contribution in [0.3, 0.4) is 0 Å². The van der Waals surface area contributed by atoms with E-state index in [1.54, 1.807) is 18.2 Å². The maximum absolute atomic E-state index is 10.9. The summed E-state index contributed by atoms with van der Waals surface area (Å²) in [5.41, 5.74) is 6.70. The fourth-order valence-electron chi connectivity index (χ4n) is 1.69. The van der Waals surface area contributed by atoms with Crippen LogP contribution >= 0.6 is 0 Å². The van der Waals surface area contributed by atoms with E-state index >= 15 is 0 Å². The standard InChI is InChI=1S/C13H14N2O3/c1-7(2)18-8-3-4-11-9(5-8)10(14)6-12(15-11)13(16)17/h3-7H,1-2H3,(H2,14,15)(H,16,17). The lowest BCUT2D eigenvalue weighted by atomic mass is 10.1. The van der Waals surface area contributed by atoms with Gasteiger partial charge in [0.15, 0.2) is 5.69 Å². The van der Waals surface area contributed by atoms with Crippen molar-refractivity contribution in [1.82, 2.24) is 4.98 Å². The highest BCUT2D eigenvalue weighted by atomic mass is 16.5. The number of ether oxygens (including phenoxy) is 1. The molecule has 1 aromatic carbocycles. The van der Waals surface area contributed by atoms with Crippen LogP contribution in [0.4, 0.5) is 5.69 Å². The SMILES string of the molecule is CC(C)Oc1ccc2nc(C(=O)O)cc(N)c2c1. The Labute approximate surface area is 104 Å². The lowest BCUT2D eigenvalue weighted by molar-refractivity contribution is 0.0691. The highest BCUT2D eigenvalue weighted by Gasteiger charge is 2.10. The zero-order valence-corrected chi connectivity index (χ0v) is 10.2. The number of benzene rings is 1. The fourth-order valence-corrected chi connectivity index (χ4v) is 1.69. The van der Waals surface area contributed by atoms with Crippen LogP contribution in [0.1, 0.15) is 24.3 Å². The normalized spacial score (nSPS) is 10.8. The van der Waals surface area contributed by atoms with Crippen molar-refractivity contribution in [3.63, 3.8) is 0 Å². The average molecular weight is 246 g/mol. The van der Waals surface area contributed by atoms with Crippen molar-refractivity contribution < 1.29 is 14.6 Å². The summed E-state index contributed by atoms with van der Waals surface area (Å²) in [7, 11) is 0. The third-order valence-corrected chi connectivity index (χ3v) is 2.40. The molecule has 0 aliphatic heterocycles. The van der Waals surface area contributed by atoms with Crippen molar-refractivity contribution in [2.24, 2.45) is 0 Å². The molecule has 0 aliphatic carbocycles. The van der Waals surface area contributed by atoms with Crippen LogP contribution in [0.2, 0.25) is 0 Å². The first kappa shape index (κ1) is 12.2. The number of pyridine rings is 1. The van der Waals surface area contributed by atoms with Crippen molar-refractivity contribution >= 4 is 22.6 Å². The zero-order chi connectivity index (χ0) is 13.3. The molecule has 94 valence electrons. The van der Waals surface area contributed by atoms with Gasteiger partial charge in [0.05, 0.1) is 11.6 Å². The summed E-state index contributed by atoms with van der Waals surface area (Å²) < 4.78 is 5.56. The van der Waals surface area contributed by atoms with E-state index < -0.39 is 5.97 Å². The number of carboxylic acid groups (broad SMARTS) is 1. The minimum Gasteiger partial charge on any atom is -0.491 e. The quantitative estimate of drug-likeness (QED) is 0.867. The van der Waals surface area contributed by atoms with Crippen LogP contribution in [0, 0.1) is 0 Å². The van der Waals surface area contributed by atoms with Gasteiger partial charge in [-0.25, -0.2) is 9.78 Å².